The van der Waals surface area contributed by atoms with Crippen molar-refractivity contribution in [3.05, 3.63) is 57.8 Å². The molecule has 0 atom stereocenters. The van der Waals surface area contributed by atoms with Gasteiger partial charge in [0, 0.05) is 23.3 Å². The van der Waals surface area contributed by atoms with Crippen molar-refractivity contribution in [1.82, 2.24) is 4.98 Å². The number of aromatic nitrogens is 1. The number of hydrogen-bond acceptors (Lipinski definition) is 4. The van der Waals surface area contributed by atoms with E-state index in [-0.39, 0.29) is 22.8 Å². The SMILES string of the molecule is COCc1cccnc1C(=O)c1cc(Br)ccc1O. The second kappa shape index (κ2) is 5.95. The highest BCUT2D eigenvalue weighted by Crippen LogP contribution is 2.25. The number of rotatable bonds is 4. The monoisotopic (exact) mass is 321 g/mol. The molecule has 0 saturated heterocycles. The predicted molar refractivity (Wildman–Crippen MR) is 74.2 cm³/mol. The van der Waals surface area contributed by atoms with Crippen molar-refractivity contribution in [1.29, 1.82) is 0 Å². The van der Waals surface area contributed by atoms with Gasteiger partial charge in [0.2, 0.25) is 5.78 Å². The van der Waals surface area contributed by atoms with Crippen LogP contribution in [0.1, 0.15) is 21.6 Å². The second-order valence-corrected chi connectivity index (χ2v) is 4.85. The number of nitrogens with zero attached hydrogens (tertiary/aromatic N) is 1. The van der Waals surface area contributed by atoms with Crippen LogP contribution in [-0.2, 0) is 11.3 Å². The third-order valence-corrected chi connectivity index (χ3v) is 3.10. The third-order valence-electron chi connectivity index (χ3n) is 2.61. The molecule has 0 unspecified atom stereocenters. The molecule has 1 heterocycles. The number of phenolic OH excluding ortho intramolecular Hbond substituents is 1. The zero-order valence-electron chi connectivity index (χ0n) is 10.3. The molecule has 0 bridgehead atoms. The van der Waals surface area contributed by atoms with Gasteiger partial charge in [-0.05, 0) is 24.3 Å². The average molecular weight is 322 g/mol. The lowest BCUT2D eigenvalue weighted by atomic mass is 10.0. The number of ether oxygens (including phenoxy) is 1. The molecule has 1 N–H and O–H groups in total. The second-order valence-electron chi connectivity index (χ2n) is 3.93. The summed E-state index contributed by atoms with van der Waals surface area (Å²) in [5.41, 5.74) is 1.19. The normalized spacial score (nSPS) is 10.4. The van der Waals surface area contributed by atoms with Crippen LogP contribution in [0.3, 0.4) is 0 Å². The Morgan fingerprint density at radius 2 is 2.21 bits per heavy atom. The summed E-state index contributed by atoms with van der Waals surface area (Å²) < 4.78 is 5.76. The van der Waals surface area contributed by atoms with Gasteiger partial charge >= 0.3 is 0 Å². The highest BCUT2D eigenvalue weighted by Gasteiger charge is 2.18. The fourth-order valence-electron chi connectivity index (χ4n) is 1.73. The molecule has 0 spiro atoms. The highest BCUT2D eigenvalue weighted by molar-refractivity contribution is 9.10. The Hall–Kier alpha value is -1.72. The van der Waals surface area contributed by atoms with Crippen LogP contribution in [-0.4, -0.2) is 23.0 Å². The molecule has 0 aliphatic carbocycles. The first kappa shape index (κ1) is 13.7. The first-order valence-electron chi connectivity index (χ1n) is 5.59. The van der Waals surface area contributed by atoms with Gasteiger partial charge in [0.05, 0.1) is 12.2 Å². The van der Waals surface area contributed by atoms with Gasteiger partial charge < -0.3 is 9.84 Å². The number of carbonyl (C=O) groups excluding carboxylic acids is 1. The third kappa shape index (κ3) is 3.00. The summed E-state index contributed by atoms with van der Waals surface area (Å²) in [5.74, 6) is -0.395. The molecule has 0 saturated carbocycles. The van der Waals surface area contributed by atoms with Crippen LogP contribution in [0.4, 0.5) is 0 Å². The van der Waals surface area contributed by atoms with Crippen molar-refractivity contribution in [3.63, 3.8) is 0 Å². The van der Waals surface area contributed by atoms with E-state index in [2.05, 4.69) is 20.9 Å². The van der Waals surface area contributed by atoms with Crippen LogP contribution >= 0.6 is 15.9 Å². The number of benzene rings is 1. The van der Waals surface area contributed by atoms with Crippen LogP contribution in [0.25, 0.3) is 0 Å². The lowest BCUT2D eigenvalue weighted by Crippen LogP contribution is -2.09. The van der Waals surface area contributed by atoms with E-state index in [0.717, 1.165) is 4.47 Å². The quantitative estimate of drug-likeness (QED) is 0.879. The number of pyridine rings is 1. The molecule has 19 heavy (non-hydrogen) atoms. The fraction of sp³-hybridized carbons (Fsp3) is 0.143. The lowest BCUT2D eigenvalue weighted by Gasteiger charge is -2.08. The molecule has 2 aromatic rings. The van der Waals surface area contributed by atoms with E-state index in [0.29, 0.717) is 12.2 Å². The van der Waals surface area contributed by atoms with Gasteiger partial charge in [0.15, 0.2) is 0 Å². The van der Waals surface area contributed by atoms with Crippen LogP contribution in [0.15, 0.2) is 41.0 Å². The largest absolute Gasteiger partial charge is 0.507 e. The summed E-state index contributed by atoms with van der Waals surface area (Å²) in [4.78, 5) is 16.5. The first-order chi connectivity index (χ1) is 9.13. The summed E-state index contributed by atoms with van der Waals surface area (Å²) in [6, 6.07) is 8.23. The number of ketones is 1. The molecule has 0 radical (unpaired) electrons. The zero-order valence-corrected chi connectivity index (χ0v) is 11.8. The van der Waals surface area contributed by atoms with Crippen molar-refractivity contribution in [3.8, 4) is 5.75 Å². The van der Waals surface area contributed by atoms with E-state index >= 15 is 0 Å². The Balaban J connectivity index is 2.47. The number of phenols is 1. The molecule has 2 rings (SSSR count). The molecule has 98 valence electrons. The average Bonchev–Trinajstić information content (AvgIpc) is 2.42. The van der Waals surface area contributed by atoms with Gasteiger partial charge in [-0.25, -0.2) is 0 Å². The van der Waals surface area contributed by atoms with Crippen molar-refractivity contribution in [2.75, 3.05) is 7.11 Å². The Bertz CT molecular complexity index is 613. The van der Waals surface area contributed by atoms with Gasteiger partial charge in [-0.15, -0.1) is 0 Å². The van der Waals surface area contributed by atoms with Gasteiger partial charge in [-0.2, -0.15) is 0 Å². The minimum Gasteiger partial charge on any atom is -0.507 e. The van der Waals surface area contributed by atoms with Crippen LogP contribution in [0.5, 0.6) is 5.75 Å². The van der Waals surface area contributed by atoms with Gasteiger partial charge in [0.25, 0.3) is 0 Å². The molecule has 0 aliphatic heterocycles. The molecule has 0 amide bonds. The lowest BCUT2D eigenvalue weighted by molar-refractivity contribution is 0.102. The first-order valence-corrected chi connectivity index (χ1v) is 6.39. The Kier molecular flexibility index (Phi) is 4.29. The van der Waals surface area contributed by atoms with Crippen LogP contribution in [0, 0.1) is 0 Å². The summed E-state index contributed by atoms with van der Waals surface area (Å²) in [7, 11) is 1.55. The molecule has 5 heteroatoms. The van der Waals surface area contributed by atoms with Crippen molar-refractivity contribution in [2.45, 2.75) is 6.61 Å². The van der Waals surface area contributed by atoms with Crippen LogP contribution < -0.4 is 0 Å². The van der Waals surface area contributed by atoms with E-state index in [4.69, 9.17) is 4.74 Å². The molecule has 0 fully saturated rings. The van der Waals surface area contributed by atoms with Gasteiger partial charge in [-0.1, -0.05) is 22.0 Å². The Morgan fingerprint density at radius 1 is 1.42 bits per heavy atom. The predicted octanol–water partition coefficient (Wildman–Crippen LogP) is 2.93. The molecule has 4 nitrogen and oxygen atoms in total. The maximum absolute atomic E-state index is 12.4. The standard InChI is InChI=1S/C14H12BrNO3/c1-19-8-9-3-2-6-16-13(9)14(18)11-7-10(15)4-5-12(11)17/h2-7,17H,8H2,1H3. The van der Waals surface area contributed by atoms with Gasteiger partial charge in [0.1, 0.15) is 11.4 Å². The topological polar surface area (TPSA) is 59.4 Å². The number of aromatic hydroxyl groups is 1. The smallest absolute Gasteiger partial charge is 0.215 e. The molecule has 1 aromatic carbocycles. The molecular formula is C14H12BrNO3. The molecule has 1 aromatic heterocycles. The zero-order chi connectivity index (χ0) is 13.8. The molecular weight excluding hydrogens is 310 g/mol. The number of methoxy groups -OCH3 is 1. The maximum atomic E-state index is 12.4. The minimum absolute atomic E-state index is 0.0674. The minimum atomic E-state index is -0.327. The van der Waals surface area contributed by atoms with Crippen LogP contribution in [0.2, 0.25) is 0 Å². The summed E-state index contributed by atoms with van der Waals surface area (Å²) in [5, 5.41) is 9.79. The Labute approximate surface area is 119 Å². The van der Waals surface area contributed by atoms with Crippen molar-refractivity contribution in [2.24, 2.45) is 0 Å². The number of carbonyl (C=O) groups is 1. The fourth-order valence-corrected chi connectivity index (χ4v) is 2.09. The summed E-state index contributed by atoms with van der Waals surface area (Å²) in [6.07, 6.45) is 1.54. The highest BCUT2D eigenvalue weighted by atomic mass is 79.9. The van der Waals surface area contributed by atoms with E-state index in [1.807, 2.05) is 0 Å². The summed E-state index contributed by atoms with van der Waals surface area (Å²) in [6.45, 7) is 0.295. The van der Waals surface area contributed by atoms with E-state index in [1.165, 1.54) is 6.07 Å². The Morgan fingerprint density at radius 3 is 2.95 bits per heavy atom. The molecule has 0 aliphatic rings. The van der Waals surface area contributed by atoms with E-state index in [1.54, 1.807) is 37.6 Å². The van der Waals surface area contributed by atoms with Crippen molar-refractivity contribution >= 4 is 21.7 Å². The summed E-state index contributed by atoms with van der Waals surface area (Å²) >= 11 is 3.28. The number of halogens is 1. The van der Waals surface area contributed by atoms with E-state index < -0.39 is 0 Å². The van der Waals surface area contributed by atoms with Crippen molar-refractivity contribution < 1.29 is 14.6 Å². The van der Waals surface area contributed by atoms with Gasteiger partial charge in [-0.3, -0.25) is 9.78 Å². The maximum Gasteiger partial charge on any atom is 0.215 e. The van der Waals surface area contributed by atoms with E-state index in [9.17, 15) is 9.90 Å². The number of hydrogen-bond donors (Lipinski definition) is 1.